The molecule has 1 N–H and O–H groups in total. The number of ketones is 3. The first-order valence-electron chi connectivity index (χ1n) is 9.24. The number of carbonyl (C=O) groups is 3. The SMILES string of the molecule is CCN(CC)c1ccc([C@@H]2[C@H](C(C)=O)C(=O)C[C@](C)(O)[C@H]2C(C)=O)cc1. The van der Waals surface area contributed by atoms with Gasteiger partial charge >= 0.3 is 0 Å². The van der Waals surface area contributed by atoms with Gasteiger partial charge in [0, 0.05) is 31.1 Å². The Morgan fingerprint density at radius 3 is 2.08 bits per heavy atom. The molecule has 4 atom stereocenters. The number of rotatable bonds is 6. The summed E-state index contributed by atoms with van der Waals surface area (Å²) in [6.45, 7) is 10.2. The third-order valence-electron chi connectivity index (χ3n) is 5.55. The predicted molar refractivity (Wildman–Crippen MR) is 101 cm³/mol. The van der Waals surface area contributed by atoms with E-state index in [1.54, 1.807) is 0 Å². The summed E-state index contributed by atoms with van der Waals surface area (Å²) in [5.74, 6) is -3.05. The second-order valence-electron chi connectivity index (χ2n) is 7.47. The summed E-state index contributed by atoms with van der Waals surface area (Å²) in [6, 6.07) is 7.65. The van der Waals surface area contributed by atoms with Crippen molar-refractivity contribution >= 4 is 23.0 Å². The summed E-state index contributed by atoms with van der Waals surface area (Å²) in [6.07, 6.45) is -0.171. The lowest BCUT2D eigenvalue weighted by Gasteiger charge is -2.44. The van der Waals surface area contributed by atoms with Gasteiger partial charge in [-0.05, 0) is 52.3 Å². The van der Waals surface area contributed by atoms with Gasteiger partial charge in [0.1, 0.15) is 17.3 Å². The number of aliphatic hydroxyl groups is 1. The largest absolute Gasteiger partial charge is 0.389 e. The fourth-order valence-corrected chi connectivity index (χ4v) is 4.40. The molecule has 0 aromatic heterocycles. The van der Waals surface area contributed by atoms with E-state index in [0.29, 0.717) is 0 Å². The molecule has 1 aromatic rings. The molecule has 2 rings (SSSR count). The van der Waals surface area contributed by atoms with Crippen LogP contribution in [0.25, 0.3) is 0 Å². The van der Waals surface area contributed by atoms with Crippen molar-refractivity contribution in [2.75, 3.05) is 18.0 Å². The summed E-state index contributed by atoms with van der Waals surface area (Å²) >= 11 is 0. The third-order valence-corrected chi connectivity index (χ3v) is 5.55. The van der Waals surface area contributed by atoms with E-state index in [9.17, 15) is 19.5 Å². The van der Waals surface area contributed by atoms with Crippen LogP contribution < -0.4 is 4.90 Å². The first kappa shape index (κ1) is 20.3. The molecule has 0 aliphatic heterocycles. The Hall–Kier alpha value is -2.01. The molecule has 0 amide bonds. The molecule has 1 saturated carbocycles. The molecule has 5 nitrogen and oxygen atoms in total. The van der Waals surface area contributed by atoms with Gasteiger partial charge in [0.05, 0.1) is 17.4 Å². The Kier molecular flexibility index (Phi) is 6.02. The highest BCUT2D eigenvalue weighted by atomic mass is 16.3. The van der Waals surface area contributed by atoms with Gasteiger partial charge < -0.3 is 10.0 Å². The van der Waals surface area contributed by atoms with Crippen molar-refractivity contribution in [2.24, 2.45) is 11.8 Å². The van der Waals surface area contributed by atoms with Gasteiger partial charge in [0.15, 0.2) is 0 Å². The minimum atomic E-state index is -1.45. The van der Waals surface area contributed by atoms with Crippen molar-refractivity contribution in [3.05, 3.63) is 29.8 Å². The minimum absolute atomic E-state index is 0.171. The molecule has 0 unspecified atom stereocenters. The van der Waals surface area contributed by atoms with Crippen LogP contribution >= 0.6 is 0 Å². The molecular formula is C21H29NO4. The van der Waals surface area contributed by atoms with Gasteiger partial charge in [-0.3, -0.25) is 14.4 Å². The van der Waals surface area contributed by atoms with Crippen LogP contribution in [0.1, 0.15) is 52.5 Å². The van der Waals surface area contributed by atoms with Crippen LogP contribution in [0, 0.1) is 11.8 Å². The standard InChI is InChI=1S/C21H29NO4/c1-6-22(7-2)16-10-8-15(9-11-16)19-18(13(3)23)17(25)12-21(5,26)20(19)14(4)24/h8-11,18-20,26H,6-7,12H2,1-5H3/t18-,19-,20+,21+/m1/s1. The van der Waals surface area contributed by atoms with Gasteiger partial charge in [0.2, 0.25) is 0 Å². The Morgan fingerprint density at radius 1 is 1.12 bits per heavy atom. The van der Waals surface area contributed by atoms with Gasteiger partial charge in [-0.15, -0.1) is 0 Å². The molecule has 1 aliphatic rings. The Bertz CT molecular complexity index is 688. The van der Waals surface area contributed by atoms with E-state index in [2.05, 4.69) is 18.7 Å². The molecule has 1 aromatic carbocycles. The van der Waals surface area contributed by atoms with E-state index in [1.165, 1.54) is 20.8 Å². The van der Waals surface area contributed by atoms with E-state index < -0.39 is 23.4 Å². The van der Waals surface area contributed by atoms with Gasteiger partial charge in [-0.1, -0.05) is 12.1 Å². The number of benzene rings is 1. The maximum Gasteiger partial charge on any atom is 0.146 e. The number of anilines is 1. The summed E-state index contributed by atoms with van der Waals surface area (Å²) < 4.78 is 0. The smallest absolute Gasteiger partial charge is 0.146 e. The highest BCUT2D eigenvalue weighted by molar-refractivity contribution is 6.05. The maximum atomic E-state index is 12.6. The molecule has 0 saturated heterocycles. The van der Waals surface area contributed by atoms with Crippen LogP contribution in [0.3, 0.4) is 0 Å². The summed E-state index contributed by atoms with van der Waals surface area (Å²) in [4.78, 5) is 39.3. The number of carbonyl (C=O) groups excluding carboxylic acids is 3. The van der Waals surface area contributed by atoms with Crippen LogP contribution in [0.2, 0.25) is 0 Å². The predicted octanol–water partition coefficient (Wildman–Crippen LogP) is 2.75. The summed E-state index contributed by atoms with van der Waals surface area (Å²) in [5.41, 5.74) is 0.345. The second kappa shape index (κ2) is 7.70. The Morgan fingerprint density at radius 2 is 1.65 bits per heavy atom. The van der Waals surface area contributed by atoms with Crippen molar-refractivity contribution < 1.29 is 19.5 Å². The van der Waals surface area contributed by atoms with Crippen molar-refractivity contribution in [2.45, 2.75) is 52.6 Å². The average Bonchev–Trinajstić information content (AvgIpc) is 2.54. The van der Waals surface area contributed by atoms with E-state index in [4.69, 9.17) is 0 Å². The van der Waals surface area contributed by atoms with Crippen molar-refractivity contribution in [1.29, 1.82) is 0 Å². The lowest BCUT2D eigenvalue weighted by Crippen LogP contribution is -2.53. The van der Waals surface area contributed by atoms with E-state index in [-0.39, 0.29) is 23.8 Å². The first-order valence-corrected chi connectivity index (χ1v) is 9.24. The number of Topliss-reactive ketones (excluding diaryl/α,β-unsaturated/α-hetero) is 3. The monoisotopic (exact) mass is 359 g/mol. The quantitative estimate of drug-likeness (QED) is 0.791. The fraction of sp³-hybridized carbons (Fsp3) is 0.571. The van der Waals surface area contributed by atoms with E-state index >= 15 is 0 Å². The molecule has 1 aliphatic carbocycles. The Labute approximate surface area is 155 Å². The van der Waals surface area contributed by atoms with Gasteiger partial charge in [-0.2, -0.15) is 0 Å². The van der Waals surface area contributed by atoms with Crippen LogP contribution in [0.15, 0.2) is 24.3 Å². The first-order chi connectivity index (χ1) is 12.1. The lowest BCUT2D eigenvalue weighted by molar-refractivity contribution is -0.151. The van der Waals surface area contributed by atoms with Crippen LogP contribution in [0.5, 0.6) is 0 Å². The Balaban J connectivity index is 2.53. The van der Waals surface area contributed by atoms with Crippen molar-refractivity contribution in [1.82, 2.24) is 0 Å². The van der Waals surface area contributed by atoms with Crippen LogP contribution in [0.4, 0.5) is 5.69 Å². The van der Waals surface area contributed by atoms with Crippen molar-refractivity contribution in [3.63, 3.8) is 0 Å². The average molecular weight is 359 g/mol. The molecular weight excluding hydrogens is 330 g/mol. The molecule has 26 heavy (non-hydrogen) atoms. The second-order valence-corrected chi connectivity index (χ2v) is 7.47. The molecule has 0 bridgehead atoms. The zero-order chi connectivity index (χ0) is 19.6. The molecule has 1 fully saturated rings. The van der Waals surface area contributed by atoms with Crippen molar-refractivity contribution in [3.8, 4) is 0 Å². The highest BCUT2D eigenvalue weighted by Gasteiger charge is 2.53. The molecule has 5 heteroatoms. The number of nitrogens with zero attached hydrogens (tertiary/aromatic N) is 1. The topological polar surface area (TPSA) is 74.7 Å². The van der Waals surface area contributed by atoms with E-state index in [0.717, 1.165) is 24.3 Å². The lowest BCUT2D eigenvalue weighted by atomic mass is 9.60. The maximum absolute atomic E-state index is 12.6. The van der Waals surface area contributed by atoms with Crippen LogP contribution in [-0.4, -0.2) is 41.1 Å². The zero-order valence-electron chi connectivity index (χ0n) is 16.3. The molecule has 0 radical (unpaired) electrons. The van der Waals surface area contributed by atoms with Crippen LogP contribution in [-0.2, 0) is 14.4 Å². The minimum Gasteiger partial charge on any atom is -0.389 e. The third kappa shape index (κ3) is 3.73. The molecule has 142 valence electrons. The normalized spacial score (nSPS) is 28.7. The molecule has 0 heterocycles. The summed E-state index contributed by atoms with van der Waals surface area (Å²) in [7, 11) is 0. The molecule has 0 spiro atoms. The van der Waals surface area contributed by atoms with Gasteiger partial charge in [0.25, 0.3) is 0 Å². The zero-order valence-corrected chi connectivity index (χ0v) is 16.3. The highest BCUT2D eigenvalue weighted by Crippen LogP contribution is 2.46. The van der Waals surface area contributed by atoms with Gasteiger partial charge in [-0.25, -0.2) is 0 Å². The number of hydrogen-bond acceptors (Lipinski definition) is 5. The van der Waals surface area contributed by atoms with E-state index in [1.807, 2.05) is 24.3 Å². The fourth-order valence-electron chi connectivity index (χ4n) is 4.40. The summed E-state index contributed by atoms with van der Waals surface area (Å²) in [5, 5.41) is 10.8. The number of hydrogen-bond donors (Lipinski definition) is 1.